The van der Waals surface area contributed by atoms with Crippen LogP contribution in [0.25, 0.3) is 10.6 Å². The van der Waals surface area contributed by atoms with E-state index in [2.05, 4.69) is 22.4 Å². The molecule has 2 heterocycles. The first-order valence-electron chi connectivity index (χ1n) is 4.88. The third-order valence-electron chi connectivity index (χ3n) is 1.97. The van der Waals surface area contributed by atoms with E-state index in [9.17, 15) is 0 Å². The number of rotatable bonds is 4. The summed E-state index contributed by atoms with van der Waals surface area (Å²) in [4.78, 5) is 0. The molecule has 0 bridgehead atoms. The summed E-state index contributed by atoms with van der Waals surface area (Å²) in [6.45, 7) is 5.72. The van der Waals surface area contributed by atoms with Crippen LogP contribution in [0.5, 0.6) is 0 Å². The van der Waals surface area contributed by atoms with Gasteiger partial charge in [-0.25, -0.2) is 0 Å². The Morgan fingerprint density at radius 1 is 1.47 bits per heavy atom. The largest absolute Gasteiger partial charge is 0.469 e. The SMILES string of the molecule is CCNCc1nnc(-c2coc(C)c2)s1. The minimum absolute atomic E-state index is 0.783. The second-order valence-corrected chi connectivity index (χ2v) is 4.29. The molecule has 0 aliphatic rings. The summed E-state index contributed by atoms with van der Waals surface area (Å²) >= 11 is 1.59. The van der Waals surface area contributed by atoms with Crippen molar-refractivity contribution in [3.05, 3.63) is 23.1 Å². The van der Waals surface area contributed by atoms with E-state index in [0.717, 1.165) is 34.4 Å². The molecule has 80 valence electrons. The monoisotopic (exact) mass is 223 g/mol. The molecule has 0 saturated heterocycles. The molecule has 5 heteroatoms. The van der Waals surface area contributed by atoms with Crippen molar-refractivity contribution in [2.45, 2.75) is 20.4 Å². The summed E-state index contributed by atoms with van der Waals surface area (Å²) in [6, 6.07) is 1.97. The Bertz CT molecular complexity index is 435. The lowest BCUT2D eigenvalue weighted by Crippen LogP contribution is -2.11. The average molecular weight is 223 g/mol. The highest BCUT2D eigenvalue weighted by atomic mass is 32.1. The maximum absolute atomic E-state index is 5.23. The van der Waals surface area contributed by atoms with Gasteiger partial charge in [0.05, 0.1) is 5.56 Å². The highest BCUT2D eigenvalue weighted by Gasteiger charge is 2.08. The number of nitrogens with one attached hydrogen (secondary N) is 1. The minimum atomic E-state index is 0.783. The Hall–Kier alpha value is -1.20. The molecule has 2 rings (SSSR count). The van der Waals surface area contributed by atoms with Crippen molar-refractivity contribution in [1.29, 1.82) is 0 Å². The molecule has 0 fully saturated rings. The maximum Gasteiger partial charge on any atom is 0.151 e. The van der Waals surface area contributed by atoms with Gasteiger partial charge in [0, 0.05) is 6.54 Å². The Kier molecular flexibility index (Phi) is 3.13. The number of aryl methyl sites for hydroxylation is 1. The van der Waals surface area contributed by atoms with E-state index in [4.69, 9.17) is 4.42 Å². The topological polar surface area (TPSA) is 51.0 Å². The summed E-state index contributed by atoms with van der Waals surface area (Å²) in [5.74, 6) is 0.897. The van der Waals surface area contributed by atoms with Crippen LogP contribution in [0.3, 0.4) is 0 Å². The van der Waals surface area contributed by atoms with E-state index in [0.29, 0.717) is 0 Å². The highest BCUT2D eigenvalue weighted by molar-refractivity contribution is 7.14. The van der Waals surface area contributed by atoms with E-state index in [-0.39, 0.29) is 0 Å². The number of nitrogens with zero attached hydrogens (tertiary/aromatic N) is 2. The van der Waals surface area contributed by atoms with Crippen LogP contribution < -0.4 is 5.32 Å². The second-order valence-electron chi connectivity index (χ2n) is 3.23. The van der Waals surface area contributed by atoms with Gasteiger partial charge in [0.15, 0.2) is 5.01 Å². The smallest absolute Gasteiger partial charge is 0.151 e. The minimum Gasteiger partial charge on any atom is -0.469 e. The van der Waals surface area contributed by atoms with E-state index in [1.165, 1.54) is 0 Å². The van der Waals surface area contributed by atoms with Crippen LogP contribution in [0.1, 0.15) is 17.7 Å². The molecule has 2 aromatic heterocycles. The van der Waals surface area contributed by atoms with Gasteiger partial charge in [-0.05, 0) is 19.5 Å². The number of aromatic nitrogens is 2. The molecule has 0 saturated carbocycles. The van der Waals surface area contributed by atoms with E-state index < -0.39 is 0 Å². The van der Waals surface area contributed by atoms with Gasteiger partial charge in [-0.2, -0.15) is 0 Å². The fourth-order valence-corrected chi connectivity index (χ4v) is 2.01. The van der Waals surface area contributed by atoms with Crippen molar-refractivity contribution in [3.8, 4) is 10.6 Å². The molecule has 0 atom stereocenters. The lowest BCUT2D eigenvalue weighted by molar-refractivity contribution is 0.535. The fourth-order valence-electron chi connectivity index (χ4n) is 1.23. The van der Waals surface area contributed by atoms with Gasteiger partial charge in [0.2, 0.25) is 0 Å². The molecule has 15 heavy (non-hydrogen) atoms. The van der Waals surface area contributed by atoms with Crippen molar-refractivity contribution in [2.75, 3.05) is 6.54 Å². The molecule has 0 aliphatic carbocycles. The van der Waals surface area contributed by atoms with Gasteiger partial charge >= 0.3 is 0 Å². The van der Waals surface area contributed by atoms with Crippen LogP contribution in [0.4, 0.5) is 0 Å². The fraction of sp³-hybridized carbons (Fsp3) is 0.400. The van der Waals surface area contributed by atoms with Gasteiger partial charge in [-0.15, -0.1) is 10.2 Å². The highest BCUT2D eigenvalue weighted by Crippen LogP contribution is 2.25. The Morgan fingerprint density at radius 2 is 2.33 bits per heavy atom. The molecule has 0 spiro atoms. The van der Waals surface area contributed by atoms with E-state index in [1.54, 1.807) is 17.6 Å². The van der Waals surface area contributed by atoms with E-state index in [1.807, 2.05) is 13.0 Å². The van der Waals surface area contributed by atoms with Crippen LogP contribution in [0.2, 0.25) is 0 Å². The molecule has 2 aromatic rings. The van der Waals surface area contributed by atoms with Crippen LogP contribution in [-0.2, 0) is 6.54 Å². The molecule has 0 aromatic carbocycles. The third-order valence-corrected chi connectivity index (χ3v) is 2.94. The molecule has 4 nitrogen and oxygen atoms in total. The quantitative estimate of drug-likeness (QED) is 0.863. The number of hydrogen-bond donors (Lipinski definition) is 1. The van der Waals surface area contributed by atoms with Crippen LogP contribution in [0, 0.1) is 6.92 Å². The van der Waals surface area contributed by atoms with Crippen molar-refractivity contribution >= 4 is 11.3 Å². The zero-order chi connectivity index (χ0) is 10.7. The lowest BCUT2D eigenvalue weighted by Gasteiger charge is -1.93. The Balaban J connectivity index is 2.13. The molecular formula is C10H13N3OS. The Morgan fingerprint density at radius 3 is 3.00 bits per heavy atom. The normalized spacial score (nSPS) is 10.8. The van der Waals surface area contributed by atoms with E-state index >= 15 is 0 Å². The van der Waals surface area contributed by atoms with Gasteiger partial charge in [-0.1, -0.05) is 18.3 Å². The first-order valence-corrected chi connectivity index (χ1v) is 5.70. The average Bonchev–Trinajstić information content (AvgIpc) is 2.83. The standard InChI is InChI=1S/C10H13N3OS/c1-3-11-5-9-12-13-10(15-9)8-4-7(2)14-6-8/h4,6,11H,3,5H2,1-2H3. The molecule has 0 aliphatic heterocycles. The van der Waals surface area contributed by atoms with Crippen LogP contribution in [0.15, 0.2) is 16.7 Å². The van der Waals surface area contributed by atoms with Crippen molar-refractivity contribution in [3.63, 3.8) is 0 Å². The first-order chi connectivity index (χ1) is 7.29. The Labute approximate surface area is 92.3 Å². The van der Waals surface area contributed by atoms with Crippen molar-refractivity contribution < 1.29 is 4.42 Å². The third kappa shape index (κ3) is 2.43. The molecular weight excluding hydrogens is 210 g/mol. The predicted molar refractivity (Wildman–Crippen MR) is 59.7 cm³/mol. The maximum atomic E-state index is 5.23. The molecule has 1 N–H and O–H groups in total. The molecule has 0 radical (unpaired) electrons. The zero-order valence-electron chi connectivity index (χ0n) is 8.78. The first kappa shape index (κ1) is 10.3. The summed E-state index contributed by atoms with van der Waals surface area (Å²) < 4.78 is 5.23. The molecule has 0 amide bonds. The van der Waals surface area contributed by atoms with Crippen molar-refractivity contribution in [2.24, 2.45) is 0 Å². The van der Waals surface area contributed by atoms with Gasteiger partial charge in [0.1, 0.15) is 17.0 Å². The number of hydrogen-bond acceptors (Lipinski definition) is 5. The van der Waals surface area contributed by atoms with Gasteiger partial charge < -0.3 is 9.73 Å². The summed E-state index contributed by atoms with van der Waals surface area (Å²) in [7, 11) is 0. The lowest BCUT2D eigenvalue weighted by atomic mass is 10.3. The second kappa shape index (κ2) is 4.55. The van der Waals surface area contributed by atoms with Gasteiger partial charge in [-0.3, -0.25) is 0 Å². The summed E-state index contributed by atoms with van der Waals surface area (Å²) in [5.41, 5.74) is 1.01. The van der Waals surface area contributed by atoms with Crippen LogP contribution >= 0.6 is 11.3 Å². The van der Waals surface area contributed by atoms with Gasteiger partial charge in [0.25, 0.3) is 0 Å². The van der Waals surface area contributed by atoms with Crippen molar-refractivity contribution in [1.82, 2.24) is 15.5 Å². The van der Waals surface area contributed by atoms with Crippen LogP contribution in [-0.4, -0.2) is 16.7 Å². The predicted octanol–water partition coefficient (Wildman–Crippen LogP) is 2.22. The zero-order valence-corrected chi connectivity index (χ0v) is 9.60. The molecule has 0 unspecified atom stereocenters. The summed E-state index contributed by atoms with van der Waals surface area (Å²) in [5, 5.41) is 13.4. The summed E-state index contributed by atoms with van der Waals surface area (Å²) in [6.07, 6.45) is 1.72. The number of furan rings is 1.